The first kappa shape index (κ1) is 11.5. The molecule has 1 aromatic carbocycles. The zero-order valence-electron chi connectivity index (χ0n) is 10.1. The van der Waals surface area contributed by atoms with Crippen molar-refractivity contribution in [1.29, 1.82) is 0 Å². The Kier molecular flexibility index (Phi) is 2.56. The molecule has 0 fully saturated rings. The lowest BCUT2D eigenvalue weighted by Crippen LogP contribution is -1.95. The highest BCUT2D eigenvalue weighted by molar-refractivity contribution is 5.64. The third-order valence-corrected chi connectivity index (χ3v) is 2.81. The van der Waals surface area contributed by atoms with Crippen LogP contribution < -0.4 is 10.5 Å². The zero-order chi connectivity index (χ0) is 13.4. The monoisotopic (exact) mass is 257 g/mol. The summed E-state index contributed by atoms with van der Waals surface area (Å²) < 4.78 is 20.1. The topological polar surface area (TPSA) is 63.2 Å². The van der Waals surface area contributed by atoms with Gasteiger partial charge in [-0.05, 0) is 30.3 Å². The third kappa shape index (κ3) is 1.87. The van der Waals surface area contributed by atoms with E-state index in [2.05, 4.69) is 10.1 Å². The summed E-state index contributed by atoms with van der Waals surface area (Å²) in [5, 5.41) is 4.05. The molecule has 1 radical (unpaired) electrons. The van der Waals surface area contributed by atoms with E-state index in [9.17, 15) is 4.39 Å². The van der Waals surface area contributed by atoms with E-state index in [1.165, 1.54) is 17.7 Å². The van der Waals surface area contributed by atoms with Gasteiger partial charge in [-0.3, -0.25) is 5.73 Å². The first-order valence-corrected chi connectivity index (χ1v) is 5.59. The quantitative estimate of drug-likeness (QED) is 0.708. The highest BCUT2D eigenvalue weighted by Crippen LogP contribution is 2.25. The summed E-state index contributed by atoms with van der Waals surface area (Å²) in [7, 11) is 1.42. The maximum Gasteiger partial charge on any atom is 0.165 e. The fraction of sp³-hybridized carbons (Fsp3) is 0.0769. The van der Waals surface area contributed by atoms with Crippen molar-refractivity contribution in [3.63, 3.8) is 0 Å². The van der Waals surface area contributed by atoms with Crippen LogP contribution >= 0.6 is 0 Å². The molecule has 3 aromatic rings. The van der Waals surface area contributed by atoms with Gasteiger partial charge in [0.15, 0.2) is 23.0 Å². The molecule has 5 nitrogen and oxygen atoms in total. The molecular weight excluding hydrogens is 247 g/mol. The van der Waals surface area contributed by atoms with E-state index in [0.29, 0.717) is 16.9 Å². The van der Waals surface area contributed by atoms with Gasteiger partial charge in [-0.2, -0.15) is 0 Å². The van der Waals surface area contributed by atoms with Gasteiger partial charge in [0.1, 0.15) is 0 Å². The number of methoxy groups -OCH3 is 1. The summed E-state index contributed by atoms with van der Waals surface area (Å²) in [4.78, 5) is 4.17. The van der Waals surface area contributed by atoms with Crippen LogP contribution in [0.15, 0.2) is 36.5 Å². The van der Waals surface area contributed by atoms with E-state index in [-0.39, 0.29) is 11.6 Å². The number of aromatic nitrogens is 3. The molecule has 0 amide bonds. The van der Waals surface area contributed by atoms with Crippen LogP contribution in [-0.4, -0.2) is 21.7 Å². The third-order valence-electron chi connectivity index (χ3n) is 2.81. The largest absolute Gasteiger partial charge is 0.494 e. The van der Waals surface area contributed by atoms with E-state index in [4.69, 9.17) is 10.5 Å². The Hall–Kier alpha value is -2.63. The predicted octanol–water partition coefficient (Wildman–Crippen LogP) is 2.46. The molecule has 0 aliphatic carbocycles. The predicted molar refractivity (Wildman–Crippen MR) is 67.7 cm³/mol. The maximum absolute atomic E-state index is 13.7. The van der Waals surface area contributed by atoms with Crippen LogP contribution in [0.25, 0.3) is 16.9 Å². The molecule has 0 bridgehead atoms. The minimum Gasteiger partial charge on any atom is -0.494 e. The van der Waals surface area contributed by atoms with E-state index in [1.807, 2.05) is 0 Å². The molecular formula is C13H10FN4O. The molecule has 0 saturated carbocycles. The SMILES string of the molecule is COc1ccc(-c2cnc3ccc([NH])nn23)cc1F. The minimum absolute atomic E-state index is 0.126. The van der Waals surface area contributed by atoms with Crippen molar-refractivity contribution in [3.8, 4) is 17.0 Å². The van der Waals surface area contributed by atoms with E-state index < -0.39 is 5.82 Å². The number of nitrogens with one attached hydrogen (secondary N) is 1. The molecule has 0 aliphatic heterocycles. The average molecular weight is 257 g/mol. The summed E-state index contributed by atoms with van der Waals surface area (Å²) in [6, 6.07) is 7.89. The van der Waals surface area contributed by atoms with Gasteiger partial charge in [-0.15, -0.1) is 5.10 Å². The first-order chi connectivity index (χ1) is 9.19. The van der Waals surface area contributed by atoms with Crippen molar-refractivity contribution in [1.82, 2.24) is 20.3 Å². The lowest BCUT2D eigenvalue weighted by molar-refractivity contribution is 0.386. The Labute approximate surface area is 108 Å². The van der Waals surface area contributed by atoms with Gasteiger partial charge in [0, 0.05) is 5.56 Å². The highest BCUT2D eigenvalue weighted by atomic mass is 19.1. The molecule has 3 rings (SSSR count). The molecule has 95 valence electrons. The number of nitrogens with zero attached hydrogens (tertiary/aromatic N) is 3. The lowest BCUT2D eigenvalue weighted by Gasteiger charge is -2.05. The lowest BCUT2D eigenvalue weighted by atomic mass is 10.1. The fourth-order valence-corrected chi connectivity index (χ4v) is 1.90. The van der Waals surface area contributed by atoms with Crippen molar-refractivity contribution >= 4 is 11.5 Å². The van der Waals surface area contributed by atoms with Crippen LogP contribution in [0.5, 0.6) is 5.75 Å². The van der Waals surface area contributed by atoms with Gasteiger partial charge >= 0.3 is 0 Å². The first-order valence-electron chi connectivity index (χ1n) is 5.59. The molecule has 0 spiro atoms. The van der Waals surface area contributed by atoms with E-state index in [1.54, 1.807) is 30.5 Å². The number of hydrogen-bond acceptors (Lipinski definition) is 3. The van der Waals surface area contributed by atoms with Crippen molar-refractivity contribution < 1.29 is 9.13 Å². The Morgan fingerprint density at radius 2 is 2.11 bits per heavy atom. The van der Waals surface area contributed by atoms with Gasteiger partial charge in [-0.25, -0.2) is 13.9 Å². The number of halogens is 1. The number of ether oxygens (including phenoxy) is 1. The Bertz CT molecular complexity index is 753. The summed E-state index contributed by atoms with van der Waals surface area (Å²) in [5.74, 6) is -0.135. The van der Waals surface area contributed by atoms with Crippen LogP contribution in [0.1, 0.15) is 0 Å². The standard InChI is InChI=1S/C13H10FN4O/c1-19-11-3-2-8(6-9(11)14)10-7-16-13-5-4-12(15)17-18(10)13/h2-7,15H,1H3. The maximum atomic E-state index is 13.7. The molecule has 2 aromatic heterocycles. The normalized spacial score (nSPS) is 10.8. The molecule has 6 heteroatoms. The van der Waals surface area contributed by atoms with Crippen LogP contribution in [0.2, 0.25) is 0 Å². The number of fused-ring (bicyclic) bond motifs is 1. The molecule has 0 saturated heterocycles. The number of rotatable bonds is 2. The van der Waals surface area contributed by atoms with E-state index in [0.717, 1.165) is 0 Å². The van der Waals surface area contributed by atoms with Gasteiger partial charge in [-0.1, -0.05) is 0 Å². The molecule has 19 heavy (non-hydrogen) atoms. The van der Waals surface area contributed by atoms with Gasteiger partial charge < -0.3 is 4.74 Å². The summed E-state index contributed by atoms with van der Waals surface area (Å²) >= 11 is 0. The minimum atomic E-state index is -0.447. The number of imidazole rings is 1. The van der Waals surface area contributed by atoms with Crippen LogP contribution in [-0.2, 0) is 0 Å². The van der Waals surface area contributed by atoms with Crippen molar-refractivity contribution in [2.45, 2.75) is 0 Å². The van der Waals surface area contributed by atoms with Gasteiger partial charge in [0.2, 0.25) is 0 Å². The Morgan fingerprint density at radius 1 is 1.26 bits per heavy atom. The highest BCUT2D eigenvalue weighted by Gasteiger charge is 2.10. The second kappa shape index (κ2) is 4.24. The summed E-state index contributed by atoms with van der Waals surface area (Å²) in [6.45, 7) is 0. The number of hydrogen-bond donors (Lipinski definition) is 0. The van der Waals surface area contributed by atoms with E-state index >= 15 is 0 Å². The van der Waals surface area contributed by atoms with Crippen molar-refractivity contribution in [2.75, 3.05) is 7.11 Å². The summed E-state index contributed by atoms with van der Waals surface area (Å²) in [5.41, 5.74) is 9.40. The number of benzene rings is 1. The molecule has 0 atom stereocenters. The van der Waals surface area contributed by atoms with Crippen LogP contribution in [0, 0.1) is 5.82 Å². The molecule has 2 heterocycles. The van der Waals surface area contributed by atoms with Gasteiger partial charge in [0.05, 0.1) is 19.0 Å². The molecule has 0 aliphatic rings. The molecule has 1 N–H and O–H groups in total. The summed E-state index contributed by atoms with van der Waals surface area (Å²) in [6.07, 6.45) is 1.60. The second-order valence-corrected chi connectivity index (χ2v) is 3.98. The smallest absolute Gasteiger partial charge is 0.165 e. The van der Waals surface area contributed by atoms with Crippen LogP contribution in [0.4, 0.5) is 10.2 Å². The fourth-order valence-electron chi connectivity index (χ4n) is 1.90. The van der Waals surface area contributed by atoms with Crippen LogP contribution in [0.3, 0.4) is 0 Å². The second-order valence-electron chi connectivity index (χ2n) is 3.98. The average Bonchev–Trinajstić information content (AvgIpc) is 2.81. The Balaban J connectivity index is 2.18. The van der Waals surface area contributed by atoms with Crippen molar-refractivity contribution in [3.05, 3.63) is 42.3 Å². The van der Waals surface area contributed by atoms with Gasteiger partial charge in [0.25, 0.3) is 0 Å². The Morgan fingerprint density at radius 3 is 2.84 bits per heavy atom. The zero-order valence-corrected chi connectivity index (χ0v) is 10.1. The van der Waals surface area contributed by atoms with Crippen molar-refractivity contribution in [2.24, 2.45) is 0 Å². The molecule has 0 unspecified atom stereocenters.